The van der Waals surface area contributed by atoms with E-state index in [1.54, 1.807) is 17.5 Å². The smallest absolute Gasteiger partial charge is 0.160 e. The van der Waals surface area contributed by atoms with Crippen molar-refractivity contribution in [3.63, 3.8) is 0 Å². The van der Waals surface area contributed by atoms with Gasteiger partial charge in [0.25, 0.3) is 0 Å². The molecule has 0 unspecified atom stereocenters. The molecule has 4 heteroatoms. The molecule has 43 heavy (non-hydrogen) atoms. The minimum Gasteiger partial charge on any atom is -0.264 e. The highest BCUT2D eigenvalue weighted by atomic mass is 32.1. The van der Waals surface area contributed by atoms with Gasteiger partial charge in [-0.15, -0.1) is 11.3 Å². The van der Waals surface area contributed by atoms with Crippen molar-refractivity contribution in [1.29, 1.82) is 0 Å². The molecule has 0 radical (unpaired) electrons. The summed E-state index contributed by atoms with van der Waals surface area (Å²) in [7, 11) is 0. The zero-order chi connectivity index (χ0) is 28.6. The summed E-state index contributed by atoms with van der Waals surface area (Å²) in [5.41, 5.74) is 8.51. The summed E-state index contributed by atoms with van der Waals surface area (Å²) in [6.07, 6.45) is 3.68. The lowest BCUT2D eigenvalue weighted by atomic mass is 9.99. The van der Waals surface area contributed by atoms with Gasteiger partial charge in [-0.2, -0.15) is 0 Å². The first-order chi connectivity index (χ1) is 21.3. The molecule has 0 atom stereocenters. The molecule has 5 aromatic carbocycles. The van der Waals surface area contributed by atoms with Gasteiger partial charge in [0.05, 0.1) is 16.3 Å². The van der Waals surface area contributed by atoms with E-state index >= 15 is 0 Å². The number of fused-ring (bicyclic) bond motifs is 2. The van der Waals surface area contributed by atoms with Crippen molar-refractivity contribution in [3.05, 3.63) is 152 Å². The number of pyridine rings is 1. The zero-order valence-corrected chi connectivity index (χ0v) is 24.0. The third kappa shape index (κ3) is 4.99. The lowest BCUT2D eigenvalue weighted by Gasteiger charge is -2.10. The highest BCUT2D eigenvalue weighted by Crippen LogP contribution is 2.36. The topological polar surface area (TPSA) is 38.7 Å². The standard InChI is InChI=1S/C39H25N3S/c1-2-7-26(8-3-1)29-16-17-31-22-32(19-18-30(31)21-29)35-24-36(38-23-33-9-4-5-11-37(33)43-38)42-39(41-35)28-14-12-27(13-15-28)34-10-6-20-40-25-34/h1-25H. The van der Waals surface area contributed by atoms with E-state index < -0.39 is 0 Å². The Kier molecular flexibility index (Phi) is 6.32. The molecule has 3 aromatic heterocycles. The molecule has 0 bridgehead atoms. The van der Waals surface area contributed by atoms with Crippen molar-refractivity contribution in [3.8, 4) is 55.5 Å². The molecular formula is C39H25N3S. The fourth-order valence-electron chi connectivity index (χ4n) is 5.52. The van der Waals surface area contributed by atoms with Gasteiger partial charge in [-0.3, -0.25) is 4.98 Å². The van der Waals surface area contributed by atoms with Gasteiger partial charge in [0.15, 0.2) is 5.82 Å². The van der Waals surface area contributed by atoms with E-state index in [9.17, 15) is 0 Å². The fraction of sp³-hybridized carbons (Fsp3) is 0. The van der Waals surface area contributed by atoms with Crippen molar-refractivity contribution >= 4 is 32.2 Å². The average molecular weight is 568 g/mol. The van der Waals surface area contributed by atoms with E-state index in [4.69, 9.17) is 9.97 Å². The predicted molar refractivity (Wildman–Crippen MR) is 180 cm³/mol. The Bertz CT molecular complexity index is 2190. The molecule has 0 saturated heterocycles. The number of hydrogen-bond acceptors (Lipinski definition) is 4. The van der Waals surface area contributed by atoms with Gasteiger partial charge in [-0.1, -0.05) is 103 Å². The van der Waals surface area contributed by atoms with Crippen LogP contribution in [-0.4, -0.2) is 15.0 Å². The quantitative estimate of drug-likeness (QED) is 0.208. The predicted octanol–water partition coefficient (Wildman–Crippen LogP) is 10.6. The average Bonchev–Trinajstić information content (AvgIpc) is 3.53. The second-order valence-corrected chi connectivity index (χ2v) is 11.7. The third-order valence-corrected chi connectivity index (χ3v) is 8.92. The van der Waals surface area contributed by atoms with E-state index in [0.717, 1.165) is 38.5 Å². The molecule has 0 aliphatic heterocycles. The minimum atomic E-state index is 0.710. The van der Waals surface area contributed by atoms with Gasteiger partial charge < -0.3 is 0 Å². The van der Waals surface area contributed by atoms with Crippen LogP contribution in [0.4, 0.5) is 0 Å². The Morgan fingerprint density at radius 1 is 0.419 bits per heavy atom. The van der Waals surface area contributed by atoms with Crippen molar-refractivity contribution in [2.75, 3.05) is 0 Å². The Hall–Kier alpha value is -5.45. The monoisotopic (exact) mass is 567 g/mol. The first-order valence-electron chi connectivity index (χ1n) is 14.3. The van der Waals surface area contributed by atoms with Crippen LogP contribution < -0.4 is 0 Å². The molecule has 202 valence electrons. The van der Waals surface area contributed by atoms with Crippen LogP contribution in [0, 0.1) is 0 Å². The van der Waals surface area contributed by atoms with Gasteiger partial charge >= 0.3 is 0 Å². The van der Waals surface area contributed by atoms with E-state index in [1.165, 1.54) is 32.0 Å². The molecule has 0 spiro atoms. The first kappa shape index (κ1) is 25.3. The molecule has 3 nitrogen and oxygen atoms in total. The fourth-order valence-corrected chi connectivity index (χ4v) is 6.54. The molecule has 8 aromatic rings. The molecule has 0 aliphatic rings. The van der Waals surface area contributed by atoms with Crippen LogP contribution in [0.5, 0.6) is 0 Å². The highest BCUT2D eigenvalue weighted by Gasteiger charge is 2.14. The maximum atomic E-state index is 5.11. The van der Waals surface area contributed by atoms with Crippen LogP contribution in [0.25, 0.3) is 76.3 Å². The van der Waals surface area contributed by atoms with E-state index in [1.807, 2.05) is 12.3 Å². The van der Waals surface area contributed by atoms with Gasteiger partial charge in [-0.25, -0.2) is 9.97 Å². The molecule has 3 heterocycles. The maximum absolute atomic E-state index is 5.11. The van der Waals surface area contributed by atoms with Gasteiger partial charge in [0.1, 0.15) is 0 Å². The lowest BCUT2D eigenvalue weighted by molar-refractivity contribution is 1.19. The summed E-state index contributed by atoms with van der Waals surface area (Å²) in [5.74, 6) is 0.710. The summed E-state index contributed by atoms with van der Waals surface area (Å²) in [6.45, 7) is 0. The van der Waals surface area contributed by atoms with Crippen LogP contribution in [0.15, 0.2) is 152 Å². The van der Waals surface area contributed by atoms with Crippen LogP contribution in [0.1, 0.15) is 0 Å². The second kappa shape index (κ2) is 10.8. The van der Waals surface area contributed by atoms with Crippen molar-refractivity contribution in [2.24, 2.45) is 0 Å². The summed E-state index contributed by atoms with van der Waals surface area (Å²) in [4.78, 5) is 15.6. The Morgan fingerprint density at radius 3 is 1.86 bits per heavy atom. The molecule has 0 aliphatic carbocycles. The molecular weight excluding hydrogens is 543 g/mol. The number of aromatic nitrogens is 3. The number of rotatable bonds is 5. The van der Waals surface area contributed by atoms with E-state index in [0.29, 0.717) is 5.82 Å². The number of thiophene rings is 1. The minimum absolute atomic E-state index is 0.710. The van der Waals surface area contributed by atoms with Gasteiger partial charge in [0, 0.05) is 28.2 Å². The molecule has 0 fully saturated rings. The summed E-state index contributed by atoms with van der Waals surface area (Å²) < 4.78 is 1.25. The second-order valence-electron chi connectivity index (χ2n) is 10.6. The zero-order valence-electron chi connectivity index (χ0n) is 23.2. The number of benzene rings is 5. The van der Waals surface area contributed by atoms with Gasteiger partial charge in [0.2, 0.25) is 0 Å². The van der Waals surface area contributed by atoms with E-state index in [-0.39, 0.29) is 0 Å². The van der Waals surface area contributed by atoms with Crippen molar-refractivity contribution < 1.29 is 0 Å². The van der Waals surface area contributed by atoms with Crippen LogP contribution in [0.2, 0.25) is 0 Å². The maximum Gasteiger partial charge on any atom is 0.160 e. The molecule has 8 rings (SSSR count). The summed E-state index contributed by atoms with van der Waals surface area (Å²) in [6, 6.07) is 49.0. The molecule has 0 amide bonds. The van der Waals surface area contributed by atoms with Crippen molar-refractivity contribution in [1.82, 2.24) is 15.0 Å². The molecule has 0 N–H and O–H groups in total. The van der Waals surface area contributed by atoms with Crippen LogP contribution >= 0.6 is 11.3 Å². The Balaban J connectivity index is 1.23. The summed E-state index contributed by atoms with van der Waals surface area (Å²) in [5, 5.41) is 3.61. The van der Waals surface area contributed by atoms with Crippen molar-refractivity contribution in [2.45, 2.75) is 0 Å². The number of nitrogens with zero attached hydrogens (tertiary/aromatic N) is 3. The normalized spacial score (nSPS) is 11.3. The van der Waals surface area contributed by atoms with Gasteiger partial charge in [-0.05, 0) is 74.8 Å². The largest absolute Gasteiger partial charge is 0.264 e. The third-order valence-electron chi connectivity index (χ3n) is 7.79. The Morgan fingerprint density at radius 2 is 1.07 bits per heavy atom. The van der Waals surface area contributed by atoms with Crippen LogP contribution in [-0.2, 0) is 0 Å². The molecule has 0 saturated carbocycles. The lowest BCUT2D eigenvalue weighted by Crippen LogP contribution is -1.95. The van der Waals surface area contributed by atoms with E-state index in [2.05, 4.69) is 138 Å². The summed E-state index contributed by atoms with van der Waals surface area (Å²) >= 11 is 1.76. The number of hydrogen-bond donors (Lipinski definition) is 0. The highest BCUT2D eigenvalue weighted by molar-refractivity contribution is 7.22. The SMILES string of the molecule is c1ccc(-c2ccc3cc(-c4cc(-c5cc6ccccc6s5)nc(-c5ccc(-c6cccnc6)cc5)n4)ccc3c2)cc1. The first-order valence-corrected chi connectivity index (χ1v) is 15.1. The van der Waals surface area contributed by atoms with Crippen LogP contribution in [0.3, 0.4) is 0 Å². The Labute approximate surface area is 253 Å².